The first kappa shape index (κ1) is 25.7. The highest BCUT2D eigenvalue weighted by molar-refractivity contribution is 6.01. The number of likely N-dealkylation sites (N-methyl/N-ethyl adjacent to an activating group) is 1. The van der Waals surface area contributed by atoms with Crippen LogP contribution in [0.2, 0.25) is 0 Å². The predicted octanol–water partition coefficient (Wildman–Crippen LogP) is 4.14. The number of carbonyl (C=O) groups is 2. The highest BCUT2D eigenvalue weighted by Crippen LogP contribution is 2.31. The molecule has 2 saturated heterocycles. The van der Waals surface area contributed by atoms with Crippen molar-refractivity contribution < 1.29 is 9.59 Å². The number of amides is 2. The van der Waals surface area contributed by atoms with Crippen LogP contribution in [0.1, 0.15) is 64.7 Å². The van der Waals surface area contributed by atoms with Gasteiger partial charge in [0.2, 0.25) is 5.91 Å². The minimum Gasteiger partial charge on any atom is -0.329 e. The maximum absolute atomic E-state index is 13.1. The van der Waals surface area contributed by atoms with E-state index < -0.39 is 6.04 Å². The number of aryl methyl sites for hydroxylation is 2. The largest absolute Gasteiger partial charge is 0.329 e. The Kier molecular flexibility index (Phi) is 8.06. The first-order chi connectivity index (χ1) is 18.0. The molecule has 0 spiro atoms. The number of hydrogen-bond donors (Lipinski definition) is 1. The number of fused-ring (bicyclic) bond motifs is 1. The van der Waals surface area contributed by atoms with Crippen molar-refractivity contribution >= 4 is 11.8 Å². The maximum atomic E-state index is 13.1. The number of piperidine rings is 2. The molecule has 0 bridgehead atoms. The molecule has 0 saturated carbocycles. The van der Waals surface area contributed by atoms with E-state index in [0.717, 1.165) is 49.3 Å². The van der Waals surface area contributed by atoms with E-state index in [1.165, 1.54) is 49.0 Å². The van der Waals surface area contributed by atoms with Crippen LogP contribution in [0.15, 0.2) is 54.7 Å². The first-order valence-corrected chi connectivity index (χ1v) is 13.9. The van der Waals surface area contributed by atoms with Crippen molar-refractivity contribution in [1.29, 1.82) is 0 Å². The van der Waals surface area contributed by atoms with Gasteiger partial charge in [0.1, 0.15) is 6.04 Å². The zero-order valence-corrected chi connectivity index (χ0v) is 22.2. The zero-order valence-electron chi connectivity index (χ0n) is 22.2. The summed E-state index contributed by atoms with van der Waals surface area (Å²) in [5.74, 6) is -0.144. The summed E-state index contributed by atoms with van der Waals surface area (Å²) in [7, 11) is 2.21. The lowest BCUT2D eigenvalue weighted by Crippen LogP contribution is -2.49. The van der Waals surface area contributed by atoms with Gasteiger partial charge in [-0.25, -0.2) is 0 Å². The van der Waals surface area contributed by atoms with E-state index in [1.54, 1.807) is 4.90 Å². The van der Waals surface area contributed by atoms with Crippen molar-refractivity contribution in [1.82, 2.24) is 20.0 Å². The normalized spacial score (nSPS) is 20.4. The summed E-state index contributed by atoms with van der Waals surface area (Å²) >= 11 is 0. The maximum Gasteiger partial charge on any atom is 0.255 e. The molecule has 3 aliphatic rings. The average Bonchev–Trinajstić information content (AvgIpc) is 3.24. The lowest BCUT2D eigenvalue weighted by atomic mass is 9.97. The number of likely N-dealkylation sites (tertiary alicyclic amines) is 1. The Balaban J connectivity index is 1.15. The van der Waals surface area contributed by atoms with Crippen LogP contribution in [0.3, 0.4) is 0 Å². The van der Waals surface area contributed by atoms with Crippen LogP contribution in [0.25, 0.3) is 0 Å². The van der Waals surface area contributed by atoms with Gasteiger partial charge < -0.3 is 20.0 Å². The molecule has 2 fully saturated rings. The van der Waals surface area contributed by atoms with Crippen LogP contribution >= 0.6 is 0 Å². The van der Waals surface area contributed by atoms with Gasteiger partial charge in [0.05, 0.1) is 0 Å². The van der Waals surface area contributed by atoms with Crippen LogP contribution in [-0.2, 0) is 30.7 Å². The molecule has 0 aromatic heterocycles. The topological polar surface area (TPSA) is 55.9 Å². The summed E-state index contributed by atoms with van der Waals surface area (Å²) in [5.41, 5.74) is 6.43. The Hall–Kier alpha value is -2.96. The van der Waals surface area contributed by atoms with Gasteiger partial charge in [-0.05, 0) is 87.0 Å². The molecule has 3 aliphatic heterocycles. The summed E-state index contributed by atoms with van der Waals surface area (Å²) in [4.78, 5) is 32.4. The monoisotopic (exact) mass is 500 g/mol. The van der Waals surface area contributed by atoms with E-state index in [0.29, 0.717) is 19.4 Å². The van der Waals surface area contributed by atoms with Gasteiger partial charge in [-0.2, -0.15) is 0 Å². The summed E-state index contributed by atoms with van der Waals surface area (Å²) in [5, 5.41) is 2.82. The molecule has 6 heteroatoms. The third kappa shape index (κ3) is 6.13. The minimum absolute atomic E-state index is 0.0294. The summed E-state index contributed by atoms with van der Waals surface area (Å²) < 4.78 is 0. The molecule has 37 heavy (non-hydrogen) atoms. The Bertz CT molecular complexity index is 1140. The van der Waals surface area contributed by atoms with E-state index in [1.807, 2.05) is 12.1 Å². The van der Waals surface area contributed by atoms with Gasteiger partial charge in [-0.1, -0.05) is 49.4 Å². The van der Waals surface area contributed by atoms with Gasteiger partial charge in [0, 0.05) is 37.4 Å². The van der Waals surface area contributed by atoms with E-state index >= 15 is 0 Å². The van der Waals surface area contributed by atoms with Crippen LogP contribution in [-0.4, -0.2) is 65.8 Å². The van der Waals surface area contributed by atoms with Crippen molar-refractivity contribution in [2.75, 3.05) is 33.2 Å². The lowest BCUT2D eigenvalue weighted by molar-refractivity contribution is -0.126. The third-order valence-corrected chi connectivity index (χ3v) is 8.20. The number of hydrogen-bond acceptors (Lipinski definition) is 4. The van der Waals surface area contributed by atoms with Gasteiger partial charge >= 0.3 is 0 Å². The van der Waals surface area contributed by atoms with Crippen molar-refractivity contribution in [3.8, 4) is 0 Å². The van der Waals surface area contributed by atoms with Crippen molar-refractivity contribution in [3.63, 3.8) is 0 Å². The second kappa shape index (κ2) is 11.6. The smallest absolute Gasteiger partial charge is 0.255 e. The van der Waals surface area contributed by atoms with Gasteiger partial charge in [0.15, 0.2) is 0 Å². The molecule has 2 amide bonds. The molecule has 0 aliphatic carbocycles. The number of allylic oxidation sites excluding steroid dienone is 1. The zero-order chi connectivity index (χ0) is 25.8. The standard InChI is InChI=1S/C31H40N4O2/c1-23-9-16-29(30(36)32-23)35-22-28-26(7-6-8-27(28)31(35)37)15-14-24-10-12-25(13-11-24)21-33(2)19-20-34-17-4-3-5-18-34/h6-8,10-13,29H,1,3-5,9,14-22H2,2H3,(H,32,36). The molecule has 1 atom stereocenters. The second-order valence-electron chi connectivity index (χ2n) is 11.0. The highest BCUT2D eigenvalue weighted by Gasteiger charge is 2.38. The number of carbonyl (C=O) groups excluding carboxylic acids is 2. The van der Waals surface area contributed by atoms with E-state index in [4.69, 9.17) is 0 Å². The van der Waals surface area contributed by atoms with Gasteiger partial charge in [-0.15, -0.1) is 0 Å². The van der Waals surface area contributed by atoms with Crippen LogP contribution in [0.5, 0.6) is 0 Å². The fraction of sp³-hybridized carbons (Fsp3) is 0.484. The summed E-state index contributed by atoms with van der Waals surface area (Å²) in [6, 6.07) is 14.6. The van der Waals surface area contributed by atoms with Gasteiger partial charge in [-0.3, -0.25) is 9.59 Å². The minimum atomic E-state index is -0.413. The Labute approximate surface area is 221 Å². The van der Waals surface area contributed by atoms with Crippen LogP contribution in [0, 0.1) is 0 Å². The number of benzene rings is 2. The van der Waals surface area contributed by atoms with Crippen molar-refractivity contribution in [2.24, 2.45) is 0 Å². The predicted molar refractivity (Wildman–Crippen MR) is 147 cm³/mol. The third-order valence-electron chi connectivity index (χ3n) is 8.20. The lowest BCUT2D eigenvalue weighted by Gasteiger charge is -2.31. The Morgan fingerprint density at radius 3 is 2.51 bits per heavy atom. The second-order valence-corrected chi connectivity index (χ2v) is 11.0. The Morgan fingerprint density at radius 2 is 1.76 bits per heavy atom. The molecule has 2 aromatic carbocycles. The molecule has 3 heterocycles. The number of nitrogens with one attached hydrogen (secondary N) is 1. The molecule has 2 aromatic rings. The summed E-state index contributed by atoms with van der Waals surface area (Å²) in [6.07, 6.45) is 7.25. The molecule has 0 radical (unpaired) electrons. The number of nitrogens with zero attached hydrogens (tertiary/aromatic N) is 3. The van der Waals surface area contributed by atoms with Crippen LogP contribution in [0.4, 0.5) is 0 Å². The van der Waals surface area contributed by atoms with Crippen molar-refractivity contribution in [3.05, 3.63) is 82.6 Å². The highest BCUT2D eigenvalue weighted by atomic mass is 16.2. The van der Waals surface area contributed by atoms with Gasteiger partial charge in [0.25, 0.3) is 5.91 Å². The molecule has 6 nitrogen and oxygen atoms in total. The fourth-order valence-electron chi connectivity index (χ4n) is 5.94. The number of rotatable bonds is 9. The van der Waals surface area contributed by atoms with E-state index in [2.05, 4.69) is 59.1 Å². The average molecular weight is 501 g/mol. The molecule has 1 unspecified atom stereocenters. The van der Waals surface area contributed by atoms with Crippen LogP contribution < -0.4 is 5.32 Å². The quantitative estimate of drug-likeness (QED) is 0.562. The molecular weight excluding hydrogens is 460 g/mol. The summed E-state index contributed by atoms with van der Waals surface area (Å²) in [6.45, 7) is 10.1. The molecular formula is C31H40N4O2. The Morgan fingerprint density at radius 1 is 1.00 bits per heavy atom. The molecule has 1 N–H and O–H groups in total. The van der Waals surface area contributed by atoms with E-state index in [-0.39, 0.29) is 11.8 Å². The van der Waals surface area contributed by atoms with E-state index in [9.17, 15) is 9.59 Å². The van der Waals surface area contributed by atoms with Crippen molar-refractivity contribution in [2.45, 2.75) is 64.1 Å². The fourth-order valence-corrected chi connectivity index (χ4v) is 5.94. The first-order valence-electron chi connectivity index (χ1n) is 13.9. The molecule has 5 rings (SSSR count). The SMILES string of the molecule is C=C1CCC(N2Cc3c(CCc4ccc(CN(C)CCN5CCCCC5)cc4)cccc3C2=O)C(=O)N1. The molecule has 196 valence electrons.